The Morgan fingerprint density at radius 2 is 1.81 bits per heavy atom. The predicted octanol–water partition coefficient (Wildman–Crippen LogP) is 4.38. The number of H-pyrrole nitrogens is 1. The quantitative estimate of drug-likeness (QED) is 0.261. The molecule has 10 nitrogen and oxygen atoms in total. The number of sulfonamides is 1. The van der Waals surface area contributed by atoms with Crippen LogP contribution < -0.4 is 26.6 Å². The molecule has 2 aromatic carbocycles. The molecule has 14 heteroatoms. The van der Waals surface area contributed by atoms with Gasteiger partial charge in [-0.25, -0.2) is 27.3 Å². The summed E-state index contributed by atoms with van der Waals surface area (Å²) in [7, 11) is -4.12. The van der Waals surface area contributed by atoms with E-state index in [1.807, 2.05) is 11.6 Å². The molecule has 0 spiro atoms. The van der Waals surface area contributed by atoms with Gasteiger partial charge in [0.2, 0.25) is 0 Å². The molecule has 4 N–H and O–H groups in total. The van der Waals surface area contributed by atoms with Gasteiger partial charge in [-0.1, -0.05) is 30.1 Å². The molecule has 0 unspecified atom stereocenters. The Bertz CT molecular complexity index is 1700. The number of urea groups is 1. The summed E-state index contributed by atoms with van der Waals surface area (Å²) in [5.74, 6) is 0. The first kappa shape index (κ1) is 25.8. The first-order chi connectivity index (χ1) is 17.1. The molecule has 0 saturated carbocycles. The summed E-state index contributed by atoms with van der Waals surface area (Å²) < 4.78 is 27.4. The van der Waals surface area contributed by atoms with E-state index in [-0.39, 0.29) is 30.3 Å². The van der Waals surface area contributed by atoms with Gasteiger partial charge in [-0.15, -0.1) is 11.3 Å². The van der Waals surface area contributed by atoms with Crippen molar-refractivity contribution in [2.75, 3.05) is 17.2 Å². The molecule has 0 bridgehead atoms. The molecule has 0 atom stereocenters. The number of hydrogen-bond acceptors (Lipinski definition) is 7. The molecule has 2 heterocycles. The van der Waals surface area contributed by atoms with E-state index in [1.165, 1.54) is 30.3 Å². The predicted molar refractivity (Wildman–Crippen MR) is 143 cm³/mol. The fourth-order valence-corrected chi connectivity index (χ4v) is 6.01. The van der Waals surface area contributed by atoms with E-state index in [0.717, 1.165) is 34.6 Å². The molecule has 0 radical (unpaired) electrons. The van der Waals surface area contributed by atoms with Crippen LogP contribution in [0.2, 0.25) is 9.36 Å². The lowest BCUT2D eigenvalue weighted by atomic mass is 10.2. The number of amides is 2. The highest BCUT2D eigenvalue weighted by Crippen LogP contribution is 2.26. The van der Waals surface area contributed by atoms with E-state index < -0.39 is 27.3 Å². The lowest BCUT2D eigenvalue weighted by Gasteiger charge is -2.12. The first-order valence-corrected chi connectivity index (χ1v) is 13.6. The molecule has 4 rings (SSSR count). The molecule has 0 aliphatic heterocycles. The number of aromatic nitrogens is 2. The highest BCUT2D eigenvalue weighted by atomic mass is 35.5. The number of hydrogen-bond donors (Lipinski definition) is 4. The SMILES string of the molecule is CCCNc1ccc2c(=O)n(-c3ccc(NC(=O)NS(=O)(=O)c4ccc(Cl)s4)cc3Cl)c(=O)[nH]c2c1. The van der Waals surface area contributed by atoms with E-state index >= 15 is 0 Å². The summed E-state index contributed by atoms with van der Waals surface area (Å²) in [4.78, 5) is 40.8. The molecule has 0 fully saturated rings. The van der Waals surface area contributed by atoms with Crippen molar-refractivity contribution in [3.05, 3.63) is 78.7 Å². The second kappa shape index (κ2) is 10.3. The molecule has 0 saturated heterocycles. The number of nitrogens with zero attached hydrogens (tertiary/aromatic N) is 1. The number of nitrogens with one attached hydrogen (secondary N) is 4. The van der Waals surface area contributed by atoms with Gasteiger partial charge in [0, 0.05) is 17.9 Å². The van der Waals surface area contributed by atoms with Crippen LogP contribution in [-0.2, 0) is 10.0 Å². The van der Waals surface area contributed by atoms with Gasteiger partial charge in [0.1, 0.15) is 4.21 Å². The minimum absolute atomic E-state index is 0.0196. The lowest BCUT2D eigenvalue weighted by Crippen LogP contribution is -2.34. The van der Waals surface area contributed by atoms with Crippen molar-refractivity contribution in [2.45, 2.75) is 17.6 Å². The summed E-state index contributed by atoms with van der Waals surface area (Å²) in [5, 5.41) is 5.81. The Kier molecular flexibility index (Phi) is 7.41. The van der Waals surface area contributed by atoms with Gasteiger partial charge in [-0.2, -0.15) is 0 Å². The Morgan fingerprint density at radius 1 is 1.06 bits per heavy atom. The van der Waals surface area contributed by atoms with Crippen LogP contribution in [0.25, 0.3) is 16.6 Å². The maximum atomic E-state index is 13.1. The van der Waals surface area contributed by atoms with Crippen molar-refractivity contribution in [3.63, 3.8) is 0 Å². The van der Waals surface area contributed by atoms with Crippen LogP contribution in [0.3, 0.4) is 0 Å². The fourth-order valence-electron chi connectivity index (χ4n) is 3.35. The molecule has 4 aromatic rings. The third-order valence-corrected chi connectivity index (χ3v) is 8.32. The number of benzene rings is 2. The normalized spacial score (nSPS) is 11.4. The lowest BCUT2D eigenvalue weighted by molar-refractivity contribution is 0.256. The molecule has 2 amide bonds. The molecule has 2 aromatic heterocycles. The number of aromatic amines is 1. The Labute approximate surface area is 218 Å². The standard InChI is InChI=1S/C22H19Cl2N5O5S2/c1-2-9-25-12-3-5-14-16(11-12)27-22(32)29(20(14)30)17-6-4-13(10-15(17)23)26-21(31)28-36(33,34)19-8-7-18(24)35-19/h3-8,10-11,25H,2,9H2,1H3,(H,27,32)(H2,26,28,31). The molecular weight excluding hydrogens is 549 g/mol. The summed E-state index contributed by atoms with van der Waals surface area (Å²) in [5.41, 5.74) is 0.107. The van der Waals surface area contributed by atoms with Gasteiger partial charge in [-0.05, 0) is 55.0 Å². The van der Waals surface area contributed by atoms with Crippen LogP contribution >= 0.6 is 34.5 Å². The zero-order valence-electron chi connectivity index (χ0n) is 18.6. The maximum Gasteiger partial charge on any atom is 0.333 e. The van der Waals surface area contributed by atoms with Crippen LogP contribution in [0.4, 0.5) is 16.2 Å². The maximum absolute atomic E-state index is 13.1. The number of halogens is 2. The monoisotopic (exact) mass is 567 g/mol. The number of anilines is 2. The highest BCUT2D eigenvalue weighted by molar-refractivity contribution is 7.92. The molecule has 36 heavy (non-hydrogen) atoms. The third-order valence-electron chi connectivity index (χ3n) is 4.96. The summed E-state index contributed by atoms with van der Waals surface area (Å²) in [6.07, 6.45) is 0.917. The summed E-state index contributed by atoms with van der Waals surface area (Å²) >= 11 is 12.9. The van der Waals surface area contributed by atoms with E-state index in [1.54, 1.807) is 18.2 Å². The van der Waals surface area contributed by atoms with Crippen molar-refractivity contribution in [1.29, 1.82) is 0 Å². The smallest absolute Gasteiger partial charge is 0.333 e. The summed E-state index contributed by atoms with van der Waals surface area (Å²) in [6, 6.07) is 10.7. The number of carbonyl (C=O) groups is 1. The van der Waals surface area contributed by atoms with E-state index in [0.29, 0.717) is 5.52 Å². The van der Waals surface area contributed by atoms with Crippen LogP contribution in [0.15, 0.2) is 62.3 Å². The van der Waals surface area contributed by atoms with Crippen molar-refractivity contribution in [3.8, 4) is 5.69 Å². The van der Waals surface area contributed by atoms with Gasteiger partial charge in [0.15, 0.2) is 0 Å². The molecule has 0 aliphatic rings. The minimum Gasteiger partial charge on any atom is -0.385 e. The number of fused-ring (bicyclic) bond motifs is 1. The van der Waals surface area contributed by atoms with E-state index in [4.69, 9.17) is 23.2 Å². The largest absolute Gasteiger partial charge is 0.385 e. The fraction of sp³-hybridized carbons (Fsp3) is 0.136. The topological polar surface area (TPSA) is 142 Å². The average molecular weight is 568 g/mol. The third kappa shape index (κ3) is 5.41. The zero-order valence-corrected chi connectivity index (χ0v) is 21.7. The second-order valence-electron chi connectivity index (χ2n) is 7.54. The average Bonchev–Trinajstić information content (AvgIpc) is 3.26. The minimum atomic E-state index is -4.12. The van der Waals surface area contributed by atoms with Crippen molar-refractivity contribution < 1.29 is 13.2 Å². The van der Waals surface area contributed by atoms with Gasteiger partial charge < -0.3 is 15.6 Å². The number of rotatable bonds is 7. The number of carbonyl (C=O) groups excluding carboxylic acids is 1. The van der Waals surface area contributed by atoms with Crippen LogP contribution in [-0.4, -0.2) is 30.5 Å². The highest BCUT2D eigenvalue weighted by Gasteiger charge is 2.20. The van der Waals surface area contributed by atoms with Crippen molar-refractivity contribution in [2.24, 2.45) is 0 Å². The van der Waals surface area contributed by atoms with Crippen LogP contribution in [0.5, 0.6) is 0 Å². The van der Waals surface area contributed by atoms with Crippen molar-refractivity contribution >= 4 is 72.9 Å². The van der Waals surface area contributed by atoms with Gasteiger partial charge in [0.25, 0.3) is 15.6 Å². The van der Waals surface area contributed by atoms with Crippen LogP contribution in [0.1, 0.15) is 13.3 Å². The van der Waals surface area contributed by atoms with Gasteiger partial charge in [0.05, 0.1) is 25.9 Å². The summed E-state index contributed by atoms with van der Waals surface area (Å²) in [6.45, 7) is 2.77. The van der Waals surface area contributed by atoms with E-state index in [2.05, 4.69) is 15.6 Å². The molecule has 188 valence electrons. The van der Waals surface area contributed by atoms with Gasteiger partial charge >= 0.3 is 11.7 Å². The molecule has 0 aliphatic carbocycles. The molecular formula is C22H19Cl2N5O5S2. The Balaban J connectivity index is 1.59. The van der Waals surface area contributed by atoms with Crippen LogP contribution in [0, 0.1) is 0 Å². The van der Waals surface area contributed by atoms with Crippen molar-refractivity contribution in [1.82, 2.24) is 14.3 Å². The van der Waals surface area contributed by atoms with Gasteiger partial charge in [-0.3, -0.25) is 4.79 Å². The second-order valence-corrected chi connectivity index (χ2v) is 11.6. The first-order valence-electron chi connectivity index (χ1n) is 10.5. The zero-order chi connectivity index (χ0) is 26.0. The number of thiophene rings is 1. The Morgan fingerprint density at radius 3 is 2.47 bits per heavy atom. The van der Waals surface area contributed by atoms with E-state index in [9.17, 15) is 22.8 Å². The Hall–Kier alpha value is -3.32.